The van der Waals surface area contributed by atoms with Crippen molar-refractivity contribution >= 4 is 14.2 Å². The topological polar surface area (TPSA) is 83.8 Å². The number of carbonyl (C=O) groups excluding carboxylic acids is 1. The van der Waals surface area contributed by atoms with Crippen molar-refractivity contribution in [2.45, 2.75) is 6.92 Å². The predicted octanol–water partition coefficient (Wildman–Crippen LogP) is -0.271. The van der Waals surface area contributed by atoms with Crippen LogP contribution in [-0.2, 0) is 14.1 Å². The average Bonchev–Trinajstić information content (AvgIpc) is 1.82. The van der Waals surface area contributed by atoms with E-state index in [0.29, 0.717) is 6.61 Å². The molecule has 0 saturated heterocycles. The first-order valence-corrected chi connectivity index (χ1v) is 3.68. The molecule has 5 nitrogen and oxygen atoms in total. The Balaban J connectivity index is 0. The van der Waals surface area contributed by atoms with Gasteiger partial charge in [-0.1, -0.05) is 0 Å². The number of hydrogen-bond donors (Lipinski definition) is 2. The lowest BCUT2D eigenvalue weighted by atomic mass is 10.9. The summed E-state index contributed by atoms with van der Waals surface area (Å²) in [4.78, 5) is 23.6. The van der Waals surface area contributed by atoms with Gasteiger partial charge in [0.15, 0.2) is 12.2 Å². The van der Waals surface area contributed by atoms with Gasteiger partial charge in [-0.2, -0.15) is 0 Å². The second-order valence-corrected chi connectivity index (χ2v) is 1.54. The van der Waals surface area contributed by atoms with Crippen LogP contribution in [0.15, 0.2) is 6.26 Å². The molecular formula is C4H9O5P. The van der Waals surface area contributed by atoms with Crippen molar-refractivity contribution < 1.29 is 23.9 Å². The van der Waals surface area contributed by atoms with Gasteiger partial charge in [-0.3, -0.25) is 4.57 Å². The van der Waals surface area contributed by atoms with Crippen LogP contribution in [0.4, 0.5) is 0 Å². The third kappa shape index (κ3) is 52.6. The molecule has 0 saturated carbocycles. The SMILES string of the molecule is CCOC=C=O.O=[PH](O)O. The average molecular weight is 168 g/mol. The molecule has 10 heavy (non-hydrogen) atoms. The van der Waals surface area contributed by atoms with Gasteiger partial charge >= 0.3 is 8.25 Å². The summed E-state index contributed by atoms with van der Waals surface area (Å²) in [5.74, 6) is 1.47. The zero-order valence-corrected chi connectivity index (χ0v) is 6.40. The second kappa shape index (κ2) is 11.2. The molecule has 0 amide bonds. The van der Waals surface area contributed by atoms with Gasteiger partial charge < -0.3 is 14.5 Å². The lowest BCUT2D eigenvalue weighted by Crippen LogP contribution is -1.74. The highest BCUT2D eigenvalue weighted by atomic mass is 31.1. The molecule has 0 radical (unpaired) electrons. The Morgan fingerprint density at radius 2 is 2.10 bits per heavy atom. The highest BCUT2D eigenvalue weighted by Crippen LogP contribution is 1.98. The maximum Gasteiger partial charge on any atom is 0.314 e. The van der Waals surface area contributed by atoms with Crippen LogP contribution in [0, 0.1) is 0 Å². The smallest absolute Gasteiger partial charge is 0.314 e. The summed E-state index contributed by atoms with van der Waals surface area (Å²) in [6.45, 7) is 2.34. The Bertz CT molecular complexity index is 124. The molecule has 2 N–H and O–H groups in total. The van der Waals surface area contributed by atoms with Crippen LogP contribution in [-0.4, -0.2) is 22.3 Å². The van der Waals surface area contributed by atoms with Crippen LogP contribution in [0.25, 0.3) is 0 Å². The van der Waals surface area contributed by atoms with Crippen molar-refractivity contribution in [3.63, 3.8) is 0 Å². The lowest BCUT2D eigenvalue weighted by Gasteiger charge is -1.82. The monoisotopic (exact) mass is 168 g/mol. The Morgan fingerprint density at radius 1 is 1.70 bits per heavy atom. The molecule has 0 rings (SSSR count). The molecule has 0 aromatic rings. The molecule has 0 aliphatic heterocycles. The van der Waals surface area contributed by atoms with Gasteiger partial charge in [-0.15, -0.1) is 0 Å². The van der Waals surface area contributed by atoms with Crippen LogP contribution in [0.1, 0.15) is 6.92 Å². The molecule has 0 aromatic carbocycles. The summed E-state index contributed by atoms with van der Waals surface area (Å²) in [5, 5.41) is 0. The fraction of sp³-hybridized carbons (Fsp3) is 0.500. The van der Waals surface area contributed by atoms with E-state index in [0.717, 1.165) is 6.26 Å². The Labute approximate surface area is 58.9 Å². The predicted molar refractivity (Wildman–Crippen MR) is 35.3 cm³/mol. The van der Waals surface area contributed by atoms with E-state index in [4.69, 9.17) is 14.4 Å². The number of rotatable bonds is 2. The lowest BCUT2D eigenvalue weighted by molar-refractivity contribution is 0.271. The molecule has 0 unspecified atom stereocenters. The minimum absolute atomic E-state index is 0.537. The van der Waals surface area contributed by atoms with Gasteiger partial charge in [0, 0.05) is 0 Å². The van der Waals surface area contributed by atoms with E-state index in [1.807, 2.05) is 0 Å². The minimum Gasteiger partial charge on any atom is -0.490 e. The van der Waals surface area contributed by atoms with Crippen molar-refractivity contribution in [2.24, 2.45) is 0 Å². The Kier molecular flexibility index (Phi) is 13.6. The molecule has 6 heteroatoms. The third-order valence-corrected chi connectivity index (χ3v) is 0.298. The largest absolute Gasteiger partial charge is 0.490 e. The number of ether oxygens (including phenoxy) is 1. The Morgan fingerprint density at radius 3 is 2.20 bits per heavy atom. The van der Waals surface area contributed by atoms with E-state index in [2.05, 4.69) is 4.74 Å². The quantitative estimate of drug-likeness (QED) is 0.337. The summed E-state index contributed by atoms with van der Waals surface area (Å²) in [6, 6.07) is 0. The van der Waals surface area contributed by atoms with E-state index >= 15 is 0 Å². The first kappa shape index (κ1) is 12.1. The van der Waals surface area contributed by atoms with Gasteiger partial charge in [0.05, 0.1) is 6.61 Å². The fourth-order valence-electron chi connectivity index (χ4n) is 0.117. The minimum atomic E-state index is -3.13. The summed E-state index contributed by atoms with van der Waals surface area (Å²) in [7, 11) is -3.13. The maximum atomic E-state index is 9.26. The van der Waals surface area contributed by atoms with Crippen LogP contribution < -0.4 is 0 Å². The summed E-state index contributed by atoms with van der Waals surface area (Å²) in [6.07, 6.45) is 1.00. The molecule has 0 aromatic heterocycles. The van der Waals surface area contributed by atoms with Gasteiger partial charge in [0.25, 0.3) is 0 Å². The maximum absolute atomic E-state index is 9.26. The zero-order chi connectivity index (χ0) is 8.41. The van der Waals surface area contributed by atoms with Crippen molar-refractivity contribution in [1.29, 1.82) is 0 Å². The van der Waals surface area contributed by atoms with E-state index in [9.17, 15) is 4.79 Å². The first-order valence-electron chi connectivity index (χ1n) is 2.38. The van der Waals surface area contributed by atoms with Crippen molar-refractivity contribution in [2.75, 3.05) is 6.61 Å². The molecule has 0 aliphatic rings. The molecule has 0 spiro atoms. The molecule has 0 heterocycles. The second-order valence-electron chi connectivity index (χ2n) is 0.974. The summed E-state index contributed by atoms with van der Waals surface area (Å²) in [5.41, 5.74) is 0. The summed E-state index contributed by atoms with van der Waals surface area (Å²) < 4.78 is 13.2. The van der Waals surface area contributed by atoms with Gasteiger partial charge in [-0.05, 0) is 6.92 Å². The Hall–Kier alpha value is -0.600. The molecule has 0 bridgehead atoms. The van der Waals surface area contributed by atoms with Crippen molar-refractivity contribution in [3.05, 3.63) is 6.26 Å². The van der Waals surface area contributed by atoms with E-state index in [-0.39, 0.29) is 0 Å². The van der Waals surface area contributed by atoms with E-state index in [1.165, 1.54) is 5.94 Å². The third-order valence-electron chi connectivity index (χ3n) is 0.298. The highest BCUT2D eigenvalue weighted by molar-refractivity contribution is 7.30. The zero-order valence-electron chi connectivity index (χ0n) is 5.40. The number of hydrogen-bond acceptors (Lipinski definition) is 3. The standard InChI is InChI=1S/C4H6O2.H3O3P/c1-2-6-4-3-5;1-4(2)3/h4H,2H2,1H3;4H,(H2,1,2,3). The first-order chi connectivity index (χ1) is 4.65. The molecule has 0 atom stereocenters. The molecule has 60 valence electrons. The van der Waals surface area contributed by atoms with Gasteiger partial charge in [-0.25, -0.2) is 4.79 Å². The van der Waals surface area contributed by atoms with Crippen molar-refractivity contribution in [1.82, 2.24) is 0 Å². The van der Waals surface area contributed by atoms with E-state index < -0.39 is 8.25 Å². The van der Waals surface area contributed by atoms with Crippen LogP contribution in [0.5, 0.6) is 0 Å². The fourth-order valence-corrected chi connectivity index (χ4v) is 0.117. The normalized spacial score (nSPS) is 7.20. The van der Waals surface area contributed by atoms with Gasteiger partial charge in [0.1, 0.15) is 0 Å². The molecule has 0 aliphatic carbocycles. The molecule has 0 fully saturated rings. The summed E-state index contributed by atoms with van der Waals surface area (Å²) >= 11 is 0. The van der Waals surface area contributed by atoms with Gasteiger partial charge in [0.2, 0.25) is 0 Å². The van der Waals surface area contributed by atoms with Crippen LogP contribution >= 0.6 is 8.25 Å². The van der Waals surface area contributed by atoms with Crippen LogP contribution in [0.2, 0.25) is 0 Å². The van der Waals surface area contributed by atoms with Crippen molar-refractivity contribution in [3.8, 4) is 0 Å². The van der Waals surface area contributed by atoms with Crippen LogP contribution in [0.3, 0.4) is 0 Å². The van der Waals surface area contributed by atoms with E-state index in [1.54, 1.807) is 6.92 Å². The molecular weight excluding hydrogens is 159 g/mol. The highest BCUT2D eigenvalue weighted by Gasteiger charge is 1.61.